The molecule has 1 heterocycles. The van der Waals surface area contributed by atoms with E-state index in [4.69, 9.17) is 11.6 Å². The summed E-state index contributed by atoms with van der Waals surface area (Å²) in [4.78, 5) is 0.323. The molecule has 4 rings (SSSR count). The van der Waals surface area contributed by atoms with E-state index in [0.29, 0.717) is 16.5 Å². The maximum Gasteiger partial charge on any atom is 0.244 e. The van der Waals surface area contributed by atoms with E-state index in [-0.39, 0.29) is 5.37 Å². The Labute approximate surface area is 169 Å². The van der Waals surface area contributed by atoms with Crippen molar-refractivity contribution in [3.63, 3.8) is 0 Å². The van der Waals surface area contributed by atoms with Gasteiger partial charge in [-0.25, -0.2) is 8.42 Å². The van der Waals surface area contributed by atoms with Crippen LogP contribution in [-0.4, -0.2) is 25.0 Å². The summed E-state index contributed by atoms with van der Waals surface area (Å²) < 4.78 is 28.0. The smallest absolute Gasteiger partial charge is 0.207 e. The van der Waals surface area contributed by atoms with E-state index in [1.165, 1.54) is 0 Å². The Morgan fingerprint density at radius 1 is 0.852 bits per heavy atom. The number of sulfonamides is 1. The number of thioether (sulfide) groups is 1. The first-order chi connectivity index (χ1) is 13.1. The normalized spacial score (nSPS) is 17.9. The van der Waals surface area contributed by atoms with Gasteiger partial charge in [0.25, 0.3) is 0 Å². The van der Waals surface area contributed by atoms with Crippen LogP contribution >= 0.6 is 23.4 Å². The van der Waals surface area contributed by atoms with Crippen LogP contribution in [0.2, 0.25) is 5.02 Å². The molecule has 0 aliphatic carbocycles. The number of rotatable bonds is 4. The van der Waals surface area contributed by atoms with Crippen molar-refractivity contribution in [2.75, 3.05) is 12.3 Å². The molecule has 1 atom stereocenters. The SMILES string of the molecule is O=S(=O)(c1ccc(-c2ccccc2)cc1)N1CCSC1c1ccc(Cl)cc1. The molecule has 3 aromatic carbocycles. The highest BCUT2D eigenvalue weighted by Crippen LogP contribution is 2.41. The average molecular weight is 416 g/mol. The van der Waals surface area contributed by atoms with Crippen molar-refractivity contribution in [3.8, 4) is 11.1 Å². The van der Waals surface area contributed by atoms with Gasteiger partial charge in [0.1, 0.15) is 0 Å². The fourth-order valence-corrected chi connectivity index (χ4v) is 6.54. The second kappa shape index (κ2) is 7.68. The first-order valence-electron chi connectivity index (χ1n) is 8.60. The first-order valence-corrected chi connectivity index (χ1v) is 11.5. The first kappa shape index (κ1) is 18.6. The lowest BCUT2D eigenvalue weighted by molar-refractivity contribution is 0.434. The summed E-state index contributed by atoms with van der Waals surface area (Å²) in [6.07, 6.45) is 0. The Bertz CT molecular complexity index is 1020. The molecule has 0 amide bonds. The Kier molecular flexibility index (Phi) is 5.28. The van der Waals surface area contributed by atoms with Crippen molar-refractivity contribution < 1.29 is 8.42 Å². The van der Waals surface area contributed by atoms with Crippen LogP contribution in [0, 0.1) is 0 Å². The molecule has 0 N–H and O–H groups in total. The lowest BCUT2D eigenvalue weighted by Crippen LogP contribution is -2.30. The van der Waals surface area contributed by atoms with E-state index >= 15 is 0 Å². The molecule has 3 aromatic rings. The molecule has 0 aromatic heterocycles. The summed E-state index contributed by atoms with van der Waals surface area (Å²) in [6, 6.07) is 24.4. The van der Waals surface area contributed by atoms with Crippen LogP contribution in [0.3, 0.4) is 0 Å². The predicted octanol–water partition coefficient (Wildman–Crippen LogP) is 5.44. The number of nitrogens with zero attached hydrogens (tertiary/aromatic N) is 1. The zero-order chi connectivity index (χ0) is 18.9. The molecule has 0 saturated carbocycles. The van der Waals surface area contributed by atoms with Crippen molar-refractivity contribution in [3.05, 3.63) is 89.4 Å². The van der Waals surface area contributed by atoms with E-state index in [9.17, 15) is 8.42 Å². The van der Waals surface area contributed by atoms with Gasteiger partial charge in [-0.3, -0.25) is 0 Å². The summed E-state index contributed by atoms with van der Waals surface area (Å²) in [5.41, 5.74) is 3.02. The topological polar surface area (TPSA) is 37.4 Å². The van der Waals surface area contributed by atoms with Crippen molar-refractivity contribution in [1.29, 1.82) is 0 Å². The van der Waals surface area contributed by atoms with Crippen molar-refractivity contribution in [2.24, 2.45) is 0 Å². The molecule has 1 unspecified atom stereocenters. The molecule has 138 valence electrons. The Balaban J connectivity index is 1.63. The number of halogens is 1. The molecule has 1 fully saturated rings. The minimum atomic E-state index is -3.57. The highest BCUT2D eigenvalue weighted by Gasteiger charge is 2.36. The van der Waals surface area contributed by atoms with Crippen LogP contribution in [0.5, 0.6) is 0 Å². The van der Waals surface area contributed by atoms with Gasteiger partial charge in [-0.1, -0.05) is 66.2 Å². The van der Waals surface area contributed by atoms with Crippen LogP contribution < -0.4 is 0 Å². The van der Waals surface area contributed by atoms with Gasteiger partial charge in [0.05, 0.1) is 10.3 Å². The van der Waals surface area contributed by atoms with Gasteiger partial charge in [0.2, 0.25) is 10.0 Å². The molecule has 0 bridgehead atoms. The molecule has 6 heteroatoms. The monoisotopic (exact) mass is 415 g/mol. The molecule has 3 nitrogen and oxygen atoms in total. The Morgan fingerprint density at radius 2 is 1.48 bits per heavy atom. The number of hydrogen-bond donors (Lipinski definition) is 0. The molecular weight excluding hydrogens is 398 g/mol. The van der Waals surface area contributed by atoms with Gasteiger partial charge in [-0.2, -0.15) is 4.31 Å². The van der Waals surface area contributed by atoms with Gasteiger partial charge >= 0.3 is 0 Å². The highest BCUT2D eigenvalue weighted by molar-refractivity contribution is 8.01. The molecule has 0 spiro atoms. The molecule has 0 radical (unpaired) electrons. The summed E-state index contributed by atoms with van der Waals surface area (Å²) in [5.74, 6) is 0.772. The standard InChI is InChI=1S/C21H18ClNO2S2/c22-19-10-6-18(7-11-19)21-23(14-15-26-21)27(24,25)20-12-8-17(9-13-20)16-4-2-1-3-5-16/h1-13,21H,14-15H2. The van der Waals surface area contributed by atoms with Crippen molar-refractivity contribution in [2.45, 2.75) is 10.3 Å². The van der Waals surface area contributed by atoms with Crippen LogP contribution in [0.4, 0.5) is 0 Å². The van der Waals surface area contributed by atoms with E-state index in [2.05, 4.69) is 0 Å². The number of hydrogen-bond acceptors (Lipinski definition) is 3. The third-order valence-electron chi connectivity index (χ3n) is 4.57. The van der Waals surface area contributed by atoms with Gasteiger partial charge < -0.3 is 0 Å². The third kappa shape index (κ3) is 3.78. The Hall–Kier alpha value is -1.79. The van der Waals surface area contributed by atoms with Crippen LogP contribution in [-0.2, 0) is 10.0 Å². The zero-order valence-corrected chi connectivity index (χ0v) is 16.8. The minimum Gasteiger partial charge on any atom is -0.207 e. The summed E-state index contributed by atoms with van der Waals surface area (Å²) in [5, 5.41) is 0.425. The summed E-state index contributed by atoms with van der Waals surface area (Å²) >= 11 is 7.60. The molecule has 27 heavy (non-hydrogen) atoms. The average Bonchev–Trinajstić information content (AvgIpc) is 3.20. The lowest BCUT2D eigenvalue weighted by atomic mass is 10.1. The molecule has 1 aliphatic heterocycles. The van der Waals surface area contributed by atoms with E-state index in [0.717, 1.165) is 22.4 Å². The van der Waals surface area contributed by atoms with Crippen LogP contribution in [0.1, 0.15) is 10.9 Å². The summed E-state index contributed by atoms with van der Waals surface area (Å²) in [7, 11) is -3.57. The Morgan fingerprint density at radius 3 is 2.15 bits per heavy atom. The van der Waals surface area contributed by atoms with Gasteiger partial charge in [-0.05, 0) is 41.0 Å². The van der Waals surface area contributed by atoms with Gasteiger partial charge in [0.15, 0.2) is 0 Å². The van der Waals surface area contributed by atoms with Crippen molar-refractivity contribution >= 4 is 33.4 Å². The maximum absolute atomic E-state index is 13.2. The van der Waals surface area contributed by atoms with E-state index in [1.54, 1.807) is 40.3 Å². The molecule has 1 aliphatic rings. The lowest BCUT2D eigenvalue weighted by Gasteiger charge is -2.23. The maximum atomic E-state index is 13.2. The predicted molar refractivity (Wildman–Crippen MR) is 112 cm³/mol. The second-order valence-electron chi connectivity index (χ2n) is 6.28. The van der Waals surface area contributed by atoms with Crippen molar-refractivity contribution in [1.82, 2.24) is 4.31 Å². The van der Waals surface area contributed by atoms with Gasteiger partial charge in [0, 0.05) is 17.3 Å². The highest BCUT2D eigenvalue weighted by atomic mass is 35.5. The zero-order valence-electron chi connectivity index (χ0n) is 14.5. The largest absolute Gasteiger partial charge is 0.244 e. The third-order valence-corrected chi connectivity index (χ3v) is 8.10. The molecular formula is C21H18ClNO2S2. The minimum absolute atomic E-state index is 0.221. The van der Waals surface area contributed by atoms with E-state index in [1.807, 2.05) is 54.6 Å². The molecule has 1 saturated heterocycles. The van der Waals surface area contributed by atoms with Gasteiger partial charge in [-0.15, -0.1) is 11.8 Å². The second-order valence-corrected chi connectivity index (χ2v) is 9.80. The summed E-state index contributed by atoms with van der Waals surface area (Å²) in [6.45, 7) is 0.501. The van der Waals surface area contributed by atoms with Crippen LogP contribution in [0.15, 0.2) is 83.8 Å². The van der Waals surface area contributed by atoms with E-state index < -0.39 is 10.0 Å². The number of benzene rings is 3. The van der Waals surface area contributed by atoms with Crippen LogP contribution in [0.25, 0.3) is 11.1 Å². The fourth-order valence-electron chi connectivity index (χ4n) is 3.18. The quantitative estimate of drug-likeness (QED) is 0.569. The fraction of sp³-hybridized carbons (Fsp3) is 0.143.